The van der Waals surface area contributed by atoms with Crippen molar-refractivity contribution in [3.8, 4) is 0 Å². The number of rotatable bonds is 16. The molecule has 6 aromatic carbocycles. The monoisotopic (exact) mass is 957 g/mol. The maximum atomic E-state index is 13.4. The van der Waals surface area contributed by atoms with E-state index < -0.39 is 5.60 Å². The molecular weight excluding hydrogens is 885 g/mol. The van der Waals surface area contributed by atoms with Gasteiger partial charge >= 0.3 is 18.3 Å². The Morgan fingerprint density at radius 2 is 0.873 bits per heavy atom. The van der Waals surface area contributed by atoms with Gasteiger partial charge in [0.1, 0.15) is 18.8 Å². The first kappa shape index (κ1) is 51.9. The zero-order valence-corrected chi connectivity index (χ0v) is 41.9. The van der Waals surface area contributed by atoms with E-state index in [1.165, 1.54) is 22.3 Å². The zero-order valence-electron chi connectivity index (χ0n) is 41.9. The van der Waals surface area contributed by atoms with Gasteiger partial charge in [-0.2, -0.15) is 0 Å². The summed E-state index contributed by atoms with van der Waals surface area (Å²) in [5.74, 6) is 0. The summed E-state index contributed by atoms with van der Waals surface area (Å²) in [5, 5.41) is 3.70. The lowest BCUT2D eigenvalue weighted by molar-refractivity contribution is 0.0155. The van der Waals surface area contributed by atoms with Gasteiger partial charge in [-0.05, 0) is 99.2 Å². The smallest absolute Gasteiger partial charge is 0.410 e. The van der Waals surface area contributed by atoms with Crippen LogP contribution in [-0.4, -0.2) is 90.9 Å². The number of ether oxygens (including phenoxy) is 3. The first-order valence-electron chi connectivity index (χ1n) is 25.3. The van der Waals surface area contributed by atoms with Gasteiger partial charge in [0.25, 0.3) is 0 Å². The molecule has 10 nitrogen and oxygen atoms in total. The van der Waals surface area contributed by atoms with Gasteiger partial charge in [-0.1, -0.05) is 182 Å². The number of nitrogens with zero attached hydrogens (tertiary/aromatic N) is 3. The number of nitrogens with one attached hydrogen (secondary N) is 1. The predicted octanol–water partition coefficient (Wildman–Crippen LogP) is 12.0. The van der Waals surface area contributed by atoms with E-state index in [0.29, 0.717) is 45.9 Å². The van der Waals surface area contributed by atoms with E-state index in [1.807, 2.05) is 128 Å². The summed E-state index contributed by atoms with van der Waals surface area (Å²) >= 11 is 0. The van der Waals surface area contributed by atoms with Crippen LogP contribution in [0.25, 0.3) is 0 Å². The summed E-state index contributed by atoms with van der Waals surface area (Å²) in [6.07, 6.45) is 4.24. The molecule has 1 N–H and O–H groups in total. The highest BCUT2D eigenvalue weighted by molar-refractivity contribution is 5.69. The molecular formula is C61H72N4O6. The fourth-order valence-electron chi connectivity index (χ4n) is 9.59. The maximum absolute atomic E-state index is 13.4. The fraction of sp³-hybridized carbons (Fsp3) is 0.361. The van der Waals surface area contributed by atoms with Gasteiger partial charge in [0, 0.05) is 56.6 Å². The summed E-state index contributed by atoms with van der Waals surface area (Å²) in [4.78, 5) is 44.4. The molecule has 6 aromatic rings. The molecule has 3 amide bonds. The van der Waals surface area contributed by atoms with Crippen LogP contribution in [0.3, 0.4) is 0 Å². The average Bonchev–Trinajstić information content (AvgIpc) is 3.41. The minimum Gasteiger partial charge on any atom is -0.445 e. The average molecular weight is 957 g/mol. The second-order valence-electron chi connectivity index (χ2n) is 19.9. The minimum atomic E-state index is -0.589. The van der Waals surface area contributed by atoms with E-state index in [1.54, 1.807) is 4.90 Å². The summed E-state index contributed by atoms with van der Waals surface area (Å²) in [6.45, 7) is 11.7. The van der Waals surface area contributed by atoms with Crippen molar-refractivity contribution in [1.82, 2.24) is 20.0 Å². The van der Waals surface area contributed by atoms with Gasteiger partial charge in [-0.15, -0.1) is 0 Å². The van der Waals surface area contributed by atoms with E-state index in [2.05, 4.69) is 90.2 Å². The molecule has 0 aromatic heterocycles. The van der Waals surface area contributed by atoms with E-state index in [9.17, 15) is 14.4 Å². The van der Waals surface area contributed by atoms with Crippen LogP contribution in [0.5, 0.6) is 0 Å². The molecule has 2 aliphatic rings. The van der Waals surface area contributed by atoms with Crippen LogP contribution in [-0.2, 0) is 51.1 Å². The van der Waals surface area contributed by atoms with Crippen LogP contribution in [0.1, 0.15) is 79.8 Å². The quantitative estimate of drug-likeness (QED) is 0.0762. The van der Waals surface area contributed by atoms with Crippen LogP contribution in [0.2, 0.25) is 0 Å². The lowest BCUT2D eigenvalue weighted by Crippen LogP contribution is -2.52. The maximum Gasteiger partial charge on any atom is 0.410 e. The number of carbonyl (C=O) groups is 3. The Morgan fingerprint density at radius 3 is 1.30 bits per heavy atom. The summed E-state index contributed by atoms with van der Waals surface area (Å²) in [6, 6.07) is 61.4. The van der Waals surface area contributed by atoms with E-state index in [4.69, 9.17) is 14.2 Å². The molecule has 0 unspecified atom stereocenters. The number of likely N-dealkylation sites (tertiary alicyclic amines) is 2. The lowest BCUT2D eigenvalue weighted by Gasteiger charge is -2.44. The molecule has 0 aliphatic carbocycles. The number of hydrogen-bond donors (Lipinski definition) is 1. The van der Waals surface area contributed by atoms with Crippen molar-refractivity contribution >= 4 is 18.3 Å². The van der Waals surface area contributed by atoms with Crippen molar-refractivity contribution in [3.05, 3.63) is 215 Å². The highest BCUT2D eigenvalue weighted by Crippen LogP contribution is 2.38. The highest BCUT2D eigenvalue weighted by Gasteiger charge is 2.41. The van der Waals surface area contributed by atoms with Crippen LogP contribution in [0, 0.1) is 0 Å². The van der Waals surface area contributed by atoms with Crippen LogP contribution >= 0.6 is 0 Å². The SMILES string of the molecule is CC(C)(C)OC(=O)N(CCc1ccccc1)CC1(c2ccccc2)CCN(C(=O)OCc2ccccc2)CC1.O=C(OCc1ccccc1)N1CCC(CNCCc2ccccc2)(c2ccccc2)CC1. The van der Waals surface area contributed by atoms with Gasteiger partial charge in [0.2, 0.25) is 0 Å². The van der Waals surface area contributed by atoms with Gasteiger partial charge in [0.05, 0.1) is 0 Å². The normalized spacial score (nSPS) is 15.1. The first-order chi connectivity index (χ1) is 34.5. The van der Waals surface area contributed by atoms with Crippen LogP contribution < -0.4 is 5.32 Å². The van der Waals surface area contributed by atoms with Crippen molar-refractivity contribution < 1.29 is 28.6 Å². The number of hydrogen-bond acceptors (Lipinski definition) is 7. The van der Waals surface area contributed by atoms with Crippen molar-refractivity contribution in [2.75, 3.05) is 52.4 Å². The van der Waals surface area contributed by atoms with Crippen molar-refractivity contribution in [3.63, 3.8) is 0 Å². The minimum absolute atomic E-state index is 0.0359. The van der Waals surface area contributed by atoms with E-state index in [-0.39, 0.29) is 35.7 Å². The Morgan fingerprint density at radius 1 is 0.507 bits per heavy atom. The zero-order chi connectivity index (χ0) is 49.8. The molecule has 10 heteroatoms. The lowest BCUT2D eigenvalue weighted by atomic mass is 9.72. The molecule has 2 heterocycles. The largest absolute Gasteiger partial charge is 0.445 e. The first-order valence-corrected chi connectivity index (χ1v) is 25.3. The van der Waals surface area contributed by atoms with Gasteiger partial charge in [-0.25, -0.2) is 14.4 Å². The molecule has 0 radical (unpaired) electrons. The third-order valence-electron chi connectivity index (χ3n) is 13.7. The van der Waals surface area contributed by atoms with E-state index >= 15 is 0 Å². The Labute approximate surface area is 421 Å². The molecule has 0 bridgehead atoms. The number of piperidine rings is 2. The predicted molar refractivity (Wildman–Crippen MR) is 282 cm³/mol. The van der Waals surface area contributed by atoms with Crippen molar-refractivity contribution in [2.45, 2.75) is 88.9 Å². The summed E-state index contributed by atoms with van der Waals surface area (Å²) in [5.41, 5.74) is 6.18. The Kier molecular flexibility index (Phi) is 18.9. The molecule has 8 rings (SSSR count). The Hall–Kier alpha value is -6.91. The van der Waals surface area contributed by atoms with Crippen molar-refractivity contribution in [1.29, 1.82) is 0 Å². The highest BCUT2D eigenvalue weighted by atomic mass is 16.6. The second kappa shape index (κ2) is 25.8. The molecule has 71 heavy (non-hydrogen) atoms. The molecule has 0 spiro atoms. The molecule has 2 aliphatic heterocycles. The molecule has 0 saturated carbocycles. The standard InChI is InChI=1S/C33H40N2O4.C28H32N2O2/c1-32(2,3)39-31(37)35(22-19-27-13-7-4-8-14-27)26-33(29-17-11-6-12-18-29)20-23-34(24-21-33)30(36)38-25-28-15-9-5-10-16-28;31-27(32-22-25-12-6-2-7-13-25)30-20-17-28(18-21-30,26-14-8-3-9-15-26)23-29-19-16-24-10-4-1-5-11-24/h4-18H,19-26H2,1-3H3;1-15,29H,16-23H2. The Bertz CT molecular complexity index is 2490. The van der Waals surface area contributed by atoms with Gasteiger partial charge in [-0.3, -0.25) is 0 Å². The van der Waals surface area contributed by atoms with Crippen LogP contribution in [0.15, 0.2) is 182 Å². The fourth-order valence-corrected chi connectivity index (χ4v) is 9.59. The number of carbonyl (C=O) groups excluding carboxylic acids is 3. The summed E-state index contributed by atoms with van der Waals surface area (Å²) < 4.78 is 17.0. The third-order valence-corrected chi connectivity index (χ3v) is 13.7. The number of amides is 3. The second-order valence-corrected chi connectivity index (χ2v) is 19.9. The molecule has 2 saturated heterocycles. The number of benzene rings is 6. The van der Waals surface area contributed by atoms with Crippen molar-refractivity contribution in [2.24, 2.45) is 0 Å². The van der Waals surface area contributed by atoms with Gasteiger partial charge in [0.15, 0.2) is 0 Å². The van der Waals surface area contributed by atoms with Gasteiger partial charge < -0.3 is 34.2 Å². The molecule has 0 atom stereocenters. The summed E-state index contributed by atoms with van der Waals surface area (Å²) in [7, 11) is 0. The molecule has 372 valence electrons. The Balaban J connectivity index is 0.000000213. The third kappa shape index (κ3) is 15.8. The molecule has 2 fully saturated rings. The van der Waals surface area contributed by atoms with E-state index in [0.717, 1.165) is 62.7 Å². The van der Waals surface area contributed by atoms with Crippen LogP contribution in [0.4, 0.5) is 14.4 Å². The topological polar surface area (TPSA) is 101 Å².